The van der Waals surface area contributed by atoms with Gasteiger partial charge in [0, 0.05) is 69.5 Å². The molecule has 2 aliphatic heterocycles. The summed E-state index contributed by atoms with van der Waals surface area (Å²) in [6.45, 7) is 10.7. The summed E-state index contributed by atoms with van der Waals surface area (Å²) in [7, 11) is 1.86. The topological polar surface area (TPSA) is 110 Å². The Hall–Kier alpha value is -3.63. The number of ether oxygens (including phenoxy) is 1. The van der Waals surface area contributed by atoms with E-state index >= 15 is 0 Å². The van der Waals surface area contributed by atoms with Gasteiger partial charge in [0.2, 0.25) is 0 Å². The number of fused-ring (bicyclic) bond motifs is 2. The van der Waals surface area contributed by atoms with Crippen molar-refractivity contribution in [1.29, 1.82) is 0 Å². The Kier molecular flexibility index (Phi) is 6.09. The molecule has 0 radical (unpaired) electrons. The second-order valence-corrected chi connectivity index (χ2v) is 10.6. The number of rotatable bonds is 3. The maximum absolute atomic E-state index is 13.3. The minimum absolute atomic E-state index is 0.0130. The van der Waals surface area contributed by atoms with Gasteiger partial charge in [-0.25, -0.2) is 4.79 Å². The fourth-order valence-corrected chi connectivity index (χ4v) is 4.96. The molecule has 36 heavy (non-hydrogen) atoms. The van der Waals surface area contributed by atoms with Crippen molar-refractivity contribution in [3.8, 4) is 0 Å². The van der Waals surface area contributed by atoms with Crippen LogP contribution in [0.3, 0.4) is 0 Å². The molecule has 192 valence electrons. The lowest BCUT2D eigenvalue weighted by atomic mass is 10.0. The van der Waals surface area contributed by atoms with Gasteiger partial charge in [0.25, 0.3) is 5.91 Å². The van der Waals surface area contributed by atoms with Crippen LogP contribution in [-0.4, -0.2) is 79.3 Å². The smallest absolute Gasteiger partial charge is 0.410 e. The van der Waals surface area contributed by atoms with E-state index in [1.54, 1.807) is 9.58 Å². The number of hydrogen-bond donors (Lipinski definition) is 1. The minimum Gasteiger partial charge on any atom is -0.444 e. The first kappa shape index (κ1) is 24.1. The van der Waals surface area contributed by atoms with Gasteiger partial charge in [0.15, 0.2) is 0 Å². The van der Waals surface area contributed by atoms with Gasteiger partial charge in [-0.2, -0.15) is 5.10 Å². The molecular formula is C25H34N8O3. The van der Waals surface area contributed by atoms with Gasteiger partial charge in [0.05, 0.1) is 5.56 Å². The number of aromatic nitrogens is 5. The Balaban J connectivity index is 1.31. The molecule has 2 aromatic heterocycles. The highest BCUT2D eigenvalue weighted by molar-refractivity contribution is 6.08. The second kappa shape index (κ2) is 9.11. The summed E-state index contributed by atoms with van der Waals surface area (Å²) in [5, 5.41) is 17.1. The molecule has 4 heterocycles. The van der Waals surface area contributed by atoms with Gasteiger partial charge in [0.1, 0.15) is 22.8 Å². The molecule has 2 amide bonds. The zero-order valence-electron chi connectivity index (χ0n) is 21.6. The van der Waals surface area contributed by atoms with Crippen LogP contribution in [0.2, 0.25) is 0 Å². The minimum atomic E-state index is -0.513. The van der Waals surface area contributed by atoms with Crippen molar-refractivity contribution < 1.29 is 14.3 Å². The highest BCUT2D eigenvalue weighted by Crippen LogP contribution is 2.30. The van der Waals surface area contributed by atoms with Crippen LogP contribution in [0.15, 0.2) is 18.3 Å². The molecule has 3 aromatic rings. The van der Waals surface area contributed by atoms with Gasteiger partial charge in [-0.1, -0.05) is 0 Å². The SMILES string of the molecule is Cc1nnc2n1CC(NC(=O)c1ccc(N3CCN(C(=O)OC(C)(C)C)CC3)c3cn(C)nc13)CC2. The van der Waals surface area contributed by atoms with E-state index in [9.17, 15) is 9.59 Å². The molecule has 1 unspecified atom stereocenters. The van der Waals surface area contributed by atoms with E-state index in [0.717, 1.165) is 35.6 Å². The Morgan fingerprint density at radius 3 is 2.58 bits per heavy atom. The van der Waals surface area contributed by atoms with E-state index in [-0.39, 0.29) is 18.0 Å². The van der Waals surface area contributed by atoms with Crippen LogP contribution in [0, 0.1) is 6.92 Å². The first-order chi connectivity index (χ1) is 17.1. The first-order valence-corrected chi connectivity index (χ1v) is 12.5. The van der Waals surface area contributed by atoms with Gasteiger partial charge in [-0.05, 0) is 46.2 Å². The van der Waals surface area contributed by atoms with Crippen molar-refractivity contribution in [2.45, 2.75) is 58.7 Å². The van der Waals surface area contributed by atoms with E-state index in [1.165, 1.54) is 0 Å². The number of carbonyl (C=O) groups is 2. The Morgan fingerprint density at radius 1 is 1.11 bits per heavy atom. The Labute approximate surface area is 210 Å². The molecular weight excluding hydrogens is 460 g/mol. The van der Waals surface area contributed by atoms with E-state index < -0.39 is 5.60 Å². The lowest BCUT2D eigenvalue weighted by Crippen LogP contribution is -2.50. The molecule has 1 N–H and O–H groups in total. The Bertz CT molecular complexity index is 1300. The summed E-state index contributed by atoms with van der Waals surface area (Å²) >= 11 is 0. The molecule has 1 fully saturated rings. The number of aryl methyl sites for hydroxylation is 3. The molecule has 1 atom stereocenters. The predicted octanol–water partition coefficient (Wildman–Crippen LogP) is 2.28. The van der Waals surface area contributed by atoms with Crippen molar-refractivity contribution in [3.05, 3.63) is 35.5 Å². The number of hydrogen-bond acceptors (Lipinski definition) is 7. The average molecular weight is 495 g/mol. The summed E-state index contributed by atoms with van der Waals surface area (Å²) in [5.74, 6) is 1.72. The molecule has 0 bridgehead atoms. The molecule has 11 nitrogen and oxygen atoms in total. The summed E-state index contributed by atoms with van der Waals surface area (Å²) in [5.41, 5.74) is 1.74. The van der Waals surface area contributed by atoms with Crippen LogP contribution in [-0.2, 0) is 24.8 Å². The number of benzene rings is 1. The van der Waals surface area contributed by atoms with Crippen LogP contribution in [0.25, 0.3) is 10.9 Å². The van der Waals surface area contributed by atoms with E-state index in [2.05, 4.69) is 30.1 Å². The number of nitrogens with one attached hydrogen (secondary N) is 1. The van der Waals surface area contributed by atoms with Crippen LogP contribution in [0.4, 0.5) is 10.5 Å². The standard InChI is InChI=1S/C25H34N8O3/c1-16-27-28-21-9-6-17(14-33(16)21)26-23(34)18-7-8-20(19-15-30(5)29-22(18)19)31-10-12-32(13-11-31)24(35)36-25(2,3)4/h7-8,15,17H,6,9-14H2,1-5H3,(H,26,34). The summed E-state index contributed by atoms with van der Waals surface area (Å²) in [6.07, 6.45) is 3.29. The number of carbonyl (C=O) groups excluding carboxylic acids is 2. The molecule has 1 aromatic carbocycles. The zero-order valence-corrected chi connectivity index (χ0v) is 21.6. The second-order valence-electron chi connectivity index (χ2n) is 10.6. The average Bonchev–Trinajstić information content (AvgIpc) is 3.39. The quantitative estimate of drug-likeness (QED) is 0.595. The van der Waals surface area contributed by atoms with Crippen molar-refractivity contribution >= 4 is 28.6 Å². The molecule has 2 aliphatic rings. The van der Waals surface area contributed by atoms with Crippen LogP contribution in [0.1, 0.15) is 49.2 Å². The number of amides is 2. The lowest BCUT2D eigenvalue weighted by Gasteiger charge is -2.37. The predicted molar refractivity (Wildman–Crippen MR) is 135 cm³/mol. The van der Waals surface area contributed by atoms with E-state index in [1.807, 2.05) is 53.1 Å². The molecule has 0 aliphatic carbocycles. The van der Waals surface area contributed by atoms with Crippen LogP contribution >= 0.6 is 0 Å². The van der Waals surface area contributed by atoms with Crippen molar-refractivity contribution in [1.82, 2.24) is 34.8 Å². The molecule has 5 rings (SSSR count). The third-order valence-electron chi connectivity index (χ3n) is 6.75. The largest absolute Gasteiger partial charge is 0.444 e. The molecule has 0 saturated carbocycles. The summed E-state index contributed by atoms with van der Waals surface area (Å²) < 4.78 is 9.34. The van der Waals surface area contributed by atoms with Crippen LogP contribution < -0.4 is 10.2 Å². The molecule has 1 saturated heterocycles. The van der Waals surface area contributed by atoms with Crippen molar-refractivity contribution in [2.24, 2.45) is 7.05 Å². The number of nitrogens with zero attached hydrogens (tertiary/aromatic N) is 7. The van der Waals surface area contributed by atoms with E-state index in [4.69, 9.17) is 4.74 Å². The highest BCUT2D eigenvalue weighted by atomic mass is 16.6. The third kappa shape index (κ3) is 4.74. The van der Waals surface area contributed by atoms with Crippen molar-refractivity contribution in [3.63, 3.8) is 0 Å². The Morgan fingerprint density at radius 2 is 1.86 bits per heavy atom. The van der Waals surface area contributed by atoms with Gasteiger partial charge < -0.3 is 24.4 Å². The maximum atomic E-state index is 13.3. The van der Waals surface area contributed by atoms with E-state index in [0.29, 0.717) is 43.8 Å². The fraction of sp³-hybridized carbons (Fsp3) is 0.560. The fourth-order valence-electron chi connectivity index (χ4n) is 4.96. The van der Waals surface area contributed by atoms with Gasteiger partial charge in [-0.15, -0.1) is 10.2 Å². The van der Waals surface area contributed by atoms with Crippen molar-refractivity contribution in [2.75, 3.05) is 31.1 Å². The number of piperazine rings is 1. The molecule has 0 spiro atoms. The normalized spacial score (nSPS) is 18.3. The monoisotopic (exact) mass is 494 g/mol. The first-order valence-electron chi connectivity index (χ1n) is 12.5. The van der Waals surface area contributed by atoms with Gasteiger partial charge >= 0.3 is 6.09 Å². The highest BCUT2D eigenvalue weighted by Gasteiger charge is 2.28. The third-order valence-corrected chi connectivity index (χ3v) is 6.75. The summed E-state index contributed by atoms with van der Waals surface area (Å²) in [6, 6.07) is 3.86. The van der Waals surface area contributed by atoms with Gasteiger partial charge in [-0.3, -0.25) is 9.48 Å². The number of anilines is 1. The summed E-state index contributed by atoms with van der Waals surface area (Å²) in [4.78, 5) is 29.8. The zero-order chi connectivity index (χ0) is 25.6. The van der Waals surface area contributed by atoms with Crippen LogP contribution in [0.5, 0.6) is 0 Å². The molecule has 11 heteroatoms. The maximum Gasteiger partial charge on any atom is 0.410 e. The lowest BCUT2D eigenvalue weighted by molar-refractivity contribution is 0.0240.